The molecule has 3 aromatic rings. The van der Waals surface area contributed by atoms with E-state index in [-0.39, 0.29) is 29.0 Å². The fraction of sp³-hybridized carbons (Fsp3) is 0.400. The molecule has 10 heteroatoms. The summed E-state index contributed by atoms with van der Waals surface area (Å²) < 4.78 is 6.82. The number of phenolic OH excluding ortho intramolecular Hbond substituents is 2. The van der Waals surface area contributed by atoms with E-state index in [9.17, 15) is 15.0 Å². The van der Waals surface area contributed by atoms with Crippen LogP contribution in [0.25, 0.3) is 5.69 Å². The molecule has 186 valence electrons. The molecule has 1 aliphatic heterocycles. The lowest BCUT2D eigenvalue weighted by Crippen LogP contribution is -2.36. The van der Waals surface area contributed by atoms with Crippen molar-refractivity contribution in [3.05, 3.63) is 53.2 Å². The maximum absolute atomic E-state index is 12.7. The van der Waals surface area contributed by atoms with Crippen LogP contribution in [-0.4, -0.2) is 64.0 Å². The predicted molar refractivity (Wildman–Crippen MR) is 134 cm³/mol. The number of morpholine rings is 1. The van der Waals surface area contributed by atoms with Gasteiger partial charge in [0, 0.05) is 37.9 Å². The highest BCUT2D eigenvalue weighted by molar-refractivity contribution is 5.97. The Morgan fingerprint density at radius 3 is 2.49 bits per heavy atom. The molecule has 0 unspecified atom stereocenters. The minimum atomic E-state index is -0.369. The van der Waals surface area contributed by atoms with Crippen LogP contribution in [-0.2, 0) is 11.3 Å². The monoisotopic (exact) mass is 480 g/mol. The zero-order valence-corrected chi connectivity index (χ0v) is 20.3. The number of ether oxygens (including phenoxy) is 1. The molecule has 0 radical (unpaired) electrons. The second-order valence-corrected chi connectivity index (χ2v) is 8.73. The van der Waals surface area contributed by atoms with E-state index in [4.69, 9.17) is 4.74 Å². The number of phenols is 2. The molecule has 0 aliphatic carbocycles. The number of rotatable bonds is 8. The van der Waals surface area contributed by atoms with E-state index in [2.05, 4.69) is 38.0 Å². The lowest BCUT2D eigenvalue weighted by molar-refractivity contribution is 0.0951. The van der Waals surface area contributed by atoms with E-state index in [1.165, 1.54) is 10.7 Å². The summed E-state index contributed by atoms with van der Waals surface area (Å²) in [7, 11) is 0. The molecule has 4 N–H and O–H groups in total. The number of aromatic nitrogens is 3. The number of hydrogen-bond donors (Lipinski definition) is 4. The van der Waals surface area contributed by atoms with Crippen molar-refractivity contribution in [1.82, 2.24) is 20.3 Å². The van der Waals surface area contributed by atoms with Gasteiger partial charge in [-0.3, -0.25) is 4.79 Å². The molecule has 2 aromatic carbocycles. The lowest BCUT2D eigenvalue weighted by Gasteiger charge is -2.28. The highest BCUT2D eigenvalue weighted by Gasteiger charge is 2.23. The van der Waals surface area contributed by atoms with E-state index >= 15 is 0 Å². The summed E-state index contributed by atoms with van der Waals surface area (Å²) >= 11 is 0. The van der Waals surface area contributed by atoms with Crippen molar-refractivity contribution in [3.8, 4) is 17.2 Å². The van der Waals surface area contributed by atoms with Gasteiger partial charge in [0.15, 0.2) is 11.5 Å². The van der Waals surface area contributed by atoms with Gasteiger partial charge in [0.2, 0.25) is 0 Å². The van der Waals surface area contributed by atoms with Crippen LogP contribution >= 0.6 is 0 Å². The Labute approximate surface area is 204 Å². The number of nitrogens with zero attached hydrogens (tertiary/aromatic N) is 4. The number of hydrogen-bond acceptors (Lipinski definition) is 8. The zero-order chi connectivity index (χ0) is 24.9. The first-order valence-corrected chi connectivity index (χ1v) is 11.8. The van der Waals surface area contributed by atoms with Crippen molar-refractivity contribution in [1.29, 1.82) is 0 Å². The molecule has 1 aliphatic rings. The van der Waals surface area contributed by atoms with E-state index in [1.54, 1.807) is 6.07 Å². The average Bonchev–Trinajstić information content (AvgIpc) is 3.27. The Morgan fingerprint density at radius 2 is 1.83 bits per heavy atom. The molecule has 4 rings (SSSR count). The van der Waals surface area contributed by atoms with Gasteiger partial charge in [-0.25, -0.2) is 0 Å². The minimum absolute atomic E-state index is 0.000168. The van der Waals surface area contributed by atoms with Crippen LogP contribution in [0.15, 0.2) is 36.4 Å². The first-order valence-electron chi connectivity index (χ1n) is 11.8. The minimum Gasteiger partial charge on any atom is -0.508 e. The van der Waals surface area contributed by atoms with E-state index in [0.29, 0.717) is 30.2 Å². The number of benzene rings is 2. The SMILES string of the molecule is CCNC(=O)c1nnn(-c2cc(C(C)C)c(O)cc2O)c1NCc1ccc(N2CCOCC2)cc1. The Bertz CT molecular complexity index is 1170. The Kier molecular flexibility index (Phi) is 7.40. The highest BCUT2D eigenvalue weighted by Crippen LogP contribution is 2.35. The summed E-state index contributed by atoms with van der Waals surface area (Å²) in [6.07, 6.45) is 0. The van der Waals surface area contributed by atoms with E-state index < -0.39 is 0 Å². The number of amides is 1. The summed E-state index contributed by atoms with van der Waals surface area (Å²) in [6, 6.07) is 11.2. The Balaban J connectivity index is 1.63. The largest absolute Gasteiger partial charge is 0.508 e. The van der Waals surface area contributed by atoms with Crippen LogP contribution in [0.3, 0.4) is 0 Å². The first-order chi connectivity index (χ1) is 16.9. The second kappa shape index (κ2) is 10.6. The third kappa shape index (κ3) is 5.32. The van der Waals surface area contributed by atoms with Crippen LogP contribution in [0.2, 0.25) is 0 Å². The number of aromatic hydroxyl groups is 2. The average molecular weight is 481 g/mol. The topological polar surface area (TPSA) is 125 Å². The molecule has 0 bridgehead atoms. The van der Waals surface area contributed by atoms with Gasteiger partial charge in [0.25, 0.3) is 5.91 Å². The van der Waals surface area contributed by atoms with Crippen molar-refractivity contribution < 1.29 is 19.7 Å². The number of carbonyl (C=O) groups excluding carboxylic acids is 1. The van der Waals surface area contributed by atoms with E-state index in [0.717, 1.165) is 37.6 Å². The molecular formula is C25H32N6O4. The van der Waals surface area contributed by atoms with Gasteiger partial charge < -0.3 is 30.5 Å². The van der Waals surface area contributed by atoms with Crippen molar-refractivity contribution in [2.75, 3.05) is 43.1 Å². The smallest absolute Gasteiger partial charge is 0.275 e. The molecule has 2 heterocycles. The van der Waals surface area contributed by atoms with Crippen molar-refractivity contribution in [2.45, 2.75) is 33.2 Å². The maximum Gasteiger partial charge on any atom is 0.275 e. The quantitative estimate of drug-likeness (QED) is 0.388. The van der Waals surface area contributed by atoms with Gasteiger partial charge in [0.05, 0.1) is 13.2 Å². The fourth-order valence-corrected chi connectivity index (χ4v) is 4.05. The third-order valence-electron chi connectivity index (χ3n) is 5.97. The van der Waals surface area contributed by atoms with Gasteiger partial charge in [0.1, 0.15) is 17.2 Å². The highest BCUT2D eigenvalue weighted by atomic mass is 16.5. The molecule has 0 atom stereocenters. The zero-order valence-electron chi connectivity index (χ0n) is 20.3. The van der Waals surface area contributed by atoms with Crippen LogP contribution in [0, 0.1) is 0 Å². The Hall–Kier alpha value is -3.79. The molecule has 10 nitrogen and oxygen atoms in total. The molecule has 0 saturated carbocycles. The van der Waals surface area contributed by atoms with Gasteiger partial charge in [-0.05, 0) is 42.2 Å². The summed E-state index contributed by atoms with van der Waals surface area (Å²) in [5.74, 6) is -0.172. The van der Waals surface area contributed by atoms with Crippen LogP contribution in [0.5, 0.6) is 11.5 Å². The maximum atomic E-state index is 12.7. The summed E-state index contributed by atoms with van der Waals surface area (Å²) in [4.78, 5) is 15.0. The molecular weight excluding hydrogens is 448 g/mol. The Morgan fingerprint density at radius 1 is 1.11 bits per heavy atom. The van der Waals surface area contributed by atoms with Crippen LogP contribution < -0.4 is 15.5 Å². The van der Waals surface area contributed by atoms with Gasteiger partial charge in [-0.15, -0.1) is 5.10 Å². The second-order valence-electron chi connectivity index (χ2n) is 8.73. The standard InChI is InChI=1S/C25H32N6O4/c1-4-26-25(34)23-24(27-15-17-5-7-18(8-6-17)30-9-11-35-12-10-30)31(29-28-23)20-13-19(16(2)3)21(32)14-22(20)33/h5-8,13-14,16,27,32-33H,4,9-12,15H2,1-3H3,(H,26,34). The normalized spacial score (nSPS) is 13.8. The third-order valence-corrected chi connectivity index (χ3v) is 5.97. The van der Waals surface area contributed by atoms with Crippen molar-refractivity contribution >= 4 is 17.4 Å². The summed E-state index contributed by atoms with van der Waals surface area (Å²) in [6.45, 7) is 9.76. The summed E-state index contributed by atoms with van der Waals surface area (Å²) in [5.41, 5.74) is 3.24. The first kappa shape index (κ1) is 24.3. The van der Waals surface area contributed by atoms with Crippen molar-refractivity contribution in [2.24, 2.45) is 0 Å². The van der Waals surface area contributed by atoms with Gasteiger partial charge in [-0.2, -0.15) is 4.68 Å². The predicted octanol–water partition coefficient (Wildman–Crippen LogP) is 3.00. The lowest BCUT2D eigenvalue weighted by atomic mass is 10.0. The van der Waals surface area contributed by atoms with Gasteiger partial charge in [-0.1, -0.05) is 31.2 Å². The molecule has 1 saturated heterocycles. The number of nitrogens with one attached hydrogen (secondary N) is 2. The number of carbonyl (C=O) groups is 1. The molecule has 1 aromatic heterocycles. The van der Waals surface area contributed by atoms with Crippen LogP contribution in [0.4, 0.5) is 11.5 Å². The molecule has 0 spiro atoms. The van der Waals surface area contributed by atoms with Gasteiger partial charge >= 0.3 is 0 Å². The van der Waals surface area contributed by atoms with Crippen LogP contribution in [0.1, 0.15) is 48.3 Å². The molecule has 1 fully saturated rings. The number of anilines is 2. The molecule has 1 amide bonds. The fourth-order valence-electron chi connectivity index (χ4n) is 4.05. The molecule has 35 heavy (non-hydrogen) atoms. The summed E-state index contributed by atoms with van der Waals surface area (Å²) in [5, 5.41) is 35.1. The van der Waals surface area contributed by atoms with Crippen molar-refractivity contribution in [3.63, 3.8) is 0 Å². The van der Waals surface area contributed by atoms with E-state index in [1.807, 2.05) is 32.9 Å².